The lowest BCUT2D eigenvalue weighted by Crippen LogP contribution is -2.52. The second-order valence-corrected chi connectivity index (χ2v) is 8.19. The molecule has 124 valence electrons. The molecule has 1 aliphatic rings. The van der Waals surface area contributed by atoms with Gasteiger partial charge in [-0.15, -0.1) is 0 Å². The van der Waals surface area contributed by atoms with E-state index in [1.54, 1.807) is 0 Å². The highest BCUT2D eigenvalue weighted by molar-refractivity contribution is 5.86. The molecule has 2 atom stereocenters. The third kappa shape index (κ3) is 5.39. The van der Waals surface area contributed by atoms with Crippen molar-refractivity contribution >= 4 is 5.78 Å². The molecule has 0 bridgehead atoms. The Morgan fingerprint density at radius 1 is 0.952 bits per heavy atom. The van der Waals surface area contributed by atoms with Gasteiger partial charge < -0.3 is 5.32 Å². The van der Waals surface area contributed by atoms with Gasteiger partial charge >= 0.3 is 0 Å². The maximum absolute atomic E-state index is 13.1. The van der Waals surface area contributed by atoms with Gasteiger partial charge in [0.15, 0.2) is 0 Å². The van der Waals surface area contributed by atoms with E-state index in [0.717, 1.165) is 25.7 Å². The van der Waals surface area contributed by atoms with Crippen LogP contribution in [0.3, 0.4) is 0 Å². The van der Waals surface area contributed by atoms with E-state index in [-0.39, 0.29) is 16.9 Å². The van der Waals surface area contributed by atoms with Crippen molar-refractivity contribution in [2.75, 3.05) is 0 Å². The third-order valence-corrected chi connectivity index (χ3v) is 5.61. The predicted molar refractivity (Wildman–Crippen MR) is 91.6 cm³/mol. The summed E-state index contributed by atoms with van der Waals surface area (Å²) in [6.07, 6.45) is 9.34. The van der Waals surface area contributed by atoms with Crippen LogP contribution in [0.5, 0.6) is 0 Å². The normalized spacial score (nSPS) is 25.2. The molecule has 0 amide bonds. The maximum atomic E-state index is 13.1. The van der Waals surface area contributed by atoms with E-state index >= 15 is 0 Å². The largest absolute Gasteiger partial charge is 0.308 e. The van der Waals surface area contributed by atoms with Gasteiger partial charge in [0.2, 0.25) is 0 Å². The second-order valence-electron chi connectivity index (χ2n) is 8.19. The minimum atomic E-state index is -0.180. The molecule has 2 heteroatoms. The zero-order chi connectivity index (χ0) is 16.1. The van der Waals surface area contributed by atoms with Gasteiger partial charge in [0, 0.05) is 22.9 Å². The van der Waals surface area contributed by atoms with Crippen LogP contribution >= 0.6 is 0 Å². The topological polar surface area (TPSA) is 29.1 Å². The molecule has 0 spiro atoms. The lowest BCUT2D eigenvalue weighted by atomic mass is 9.72. The van der Waals surface area contributed by atoms with E-state index < -0.39 is 0 Å². The van der Waals surface area contributed by atoms with Crippen LogP contribution in [0.1, 0.15) is 92.9 Å². The molecular weight excluding hydrogens is 258 g/mol. The van der Waals surface area contributed by atoms with Gasteiger partial charge in [-0.05, 0) is 39.5 Å². The average Bonchev–Trinajstić information content (AvgIpc) is 2.41. The zero-order valence-electron chi connectivity index (χ0n) is 15.2. The molecule has 21 heavy (non-hydrogen) atoms. The Balaban J connectivity index is 2.92. The van der Waals surface area contributed by atoms with Gasteiger partial charge in [-0.2, -0.15) is 0 Å². The van der Waals surface area contributed by atoms with E-state index in [1.165, 1.54) is 25.7 Å². The minimum Gasteiger partial charge on any atom is -0.308 e. The van der Waals surface area contributed by atoms with Crippen LogP contribution in [0.2, 0.25) is 0 Å². The van der Waals surface area contributed by atoms with Crippen LogP contribution in [-0.2, 0) is 4.79 Å². The van der Waals surface area contributed by atoms with Crippen molar-refractivity contribution in [1.29, 1.82) is 0 Å². The van der Waals surface area contributed by atoms with Crippen molar-refractivity contribution in [2.24, 2.45) is 11.3 Å². The maximum Gasteiger partial charge on any atom is 0.143 e. The van der Waals surface area contributed by atoms with Crippen molar-refractivity contribution in [2.45, 2.75) is 104 Å². The highest BCUT2D eigenvalue weighted by atomic mass is 16.1. The predicted octanol–water partition coefficient (Wildman–Crippen LogP) is 5.11. The molecule has 0 aromatic carbocycles. The summed E-state index contributed by atoms with van der Waals surface area (Å²) in [5.74, 6) is 0.683. The highest BCUT2D eigenvalue weighted by Crippen LogP contribution is 2.33. The van der Waals surface area contributed by atoms with Crippen LogP contribution in [0.15, 0.2) is 0 Å². The molecule has 0 aliphatic heterocycles. The third-order valence-electron chi connectivity index (χ3n) is 5.61. The molecule has 0 aromatic rings. The van der Waals surface area contributed by atoms with Gasteiger partial charge in [0.05, 0.1) is 0 Å². The molecule has 1 N–H and O–H groups in total. The molecule has 1 saturated carbocycles. The summed E-state index contributed by atoms with van der Waals surface area (Å²) in [6.45, 7) is 13.1. The molecule has 0 saturated heterocycles. The fourth-order valence-corrected chi connectivity index (χ4v) is 3.25. The Labute approximate surface area is 132 Å². The van der Waals surface area contributed by atoms with Gasteiger partial charge in [-0.25, -0.2) is 0 Å². The first-order valence-corrected chi connectivity index (χ1v) is 9.05. The molecule has 1 aliphatic carbocycles. The quantitative estimate of drug-likeness (QED) is 0.738. The number of Topliss-reactive ketones (excluding diaryl/α,β-unsaturated/α-hetero) is 1. The monoisotopic (exact) mass is 295 g/mol. The summed E-state index contributed by atoms with van der Waals surface area (Å²) in [7, 11) is 0. The standard InChI is InChI=1S/C19H37NO/c1-7-18(3,4)17(21)15-13-11-9-10-12-14-16(15)20-19(5,6)8-2/h15-16,20H,7-14H2,1-6H3/t15-,16+/m1/s1. The summed E-state index contributed by atoms with van der Waals surface area (Å²) < 4.78 is 0. The highest BCUT2D eigenvalue weighted by Gasteiger charge is 2.38. The van der Waals surface area contributed by atoms with Crippen LogP contribution in [0.4, 0.5) is 0 Å². The number of rotatable bonds is 6. The molecule has 0 aromatic heterocycles. The van der Waals surface area contributed by atoms with E-state index in [4.69, 9.17) is 0 Å². The van der Waals surface area contributed by atoms with Crippen molar-refractivity contribution in [3.05, 3.63) is 0 Å². The van der Waals surface area contributed by atoms with Crippen molar-refractivity contribution in [3.8, 4) is 0 Å². The Morgan fingerprint density at radius 3 is 2.05 bits per heavy atom. The number of carbonyl (C=O) groups is 1. The fraction of sp³-hybridized carbons (Fsp3) is 0.947. The Hall–Kier alpha value is -0.370. The number of carbonyl (C=O) groups excluding carboxylic acids is 1. The van der Waals surface area contributed by atoms with Crippen molar-refractivity contribution in [1.82, 2.24) is 5.32 Å². The number of nitrogens with one attached hydrogen (secondary N) is 1. The number of hydrogen-bond donors (Lipinski definition) is 1. The lowest BCUT2D eigenvalue weighted by Gasteiger charge is -2.39. The average molecular weight is 296 g/mol. The van der Waals surface area contributed by atoms with E-state index in [2.05, 4.69) is 46.9 Å². The first-order chi connectivity index (χ1) is 9.73. The summed E-state index contributed by atoms with van der Waals surface area (Å²) >= 11 is 0. The van der Waals surface area contributed by atoms with Crippen LogP contribution in [-0.4, -0.2) is 17.4 Å². The molecule has 2 nitrogen and oxygen atoms in total. The summed E-state index contributed by atoms with van der Waals surface area (Å²) in [5, 5.41) is 3.82. The van der Waals surface area contributed by atoms with Crippen molar-refractivity contribution < 1.29 is 4.79 Å². The Bertz CT molecular complexity index is 332. The molecule has 1 rings (SSSR count). The smallest absolute Gasteiger partial charge is 0.143 e. The van der Waals surface area contributed by atoms with Crippen LogP contribution in [0, 0.1) is 11.3 Å². The minimum absolute atomic E-state index is 0.124. The molecule has 0 unspecified atom stereocenters. The van der Waals surface area contributed by atoms with Gasteiger partial charge in [0.25, 0.3) is 0 Å². The fourth-order valence-electron chi connectivity index (χ4n) is 3.25. The molecular formula is C19H37NO. The summed E-state index contributed by atoms with van der Waals surface area (Å²) in [6, 6.07) is 0.360. The van der Waals surface area contributed by atoms with E-state index in [1.807, 2.05) is 0 Å². The molecule has 0 radical (unpaired) electrons. The Kier molecular flexibility index (Phi) is 6.90. The van der Waals surface area contributed by atoms with Crippen molar-refractivity contribution in [3.63, 3.8) is 0 Å². The molecule has 1 fully saturated rings. The first kappa shape index (κ1) is 18.7. The molecule has 0 heterocycles. The lowest BCUT2D eigenvalue weighted by molar-refractivity contribution is -0.133. The summed E-state index contributed by atoms with van der Waals surface area (Å²) in [5.41, 5.74) is -0.0566. The van der Waals surface area contributed by atoms with Gasteiger partial charge in [-0.1, -0.05) is 53.4 Å². The second kappa shape index (κ2) is 7.76. The number of hydrogen-bond acceptors (Lipinski definition) is 2. The summed E-state index contributed by atoms with van der Waals surface area (Å²) in [4.78, 5) is 13.1. The van der Waals surface area contributed by atoms with E-state index in [0.29, 0.717) is 11.8 Å². The zero-order valence-corrected chi connectivity index (χ0v) is 15.2. The SMILES string of the molecule is CCC(C)(C)N[C@H]1CCCCCC[C@H]1C(=O)C(C)(C)CC. The number of ketones is 1. The van der Waals surface area contributed by atoms with Gasteiger partial charge in [0.1, 0.15) is 5.78 Å². The first-order valence-electron chi connectivity index (χ1n) is 9.05. The van der Waals surface area contributed by atoms with Gasteiger partial charge in [-0.3, -0.25) is 4.79 Å². The Morgan fingerprint density at radius 2 is 1.52 bits per heavy atom. The van der Waals surface area contributed by atoms with Crippen LogP contribution < -0.4 is 5.32 Å². The van der Waals surface area contributed by atoms with E-state index in [9.17, 15) is 4.79 Å². The van der Waals surface area contributed by atoms with Crippen LogP contribution in [0.25, 0.3) is 0 Å².